The van der Waals surface area contributed by atoms with Crippen molar-refractivity contribution in [3.05, 3.63) is 11.1 Å². The van der Waals surface area contributed by atoms with Crippen LogP contribution in [0.1, 0.15) is 32.1 Å². The molecule has 0 aromatic heterocycles. The molecule has 2 heteroatoms. The van der Waals surface area contributed by atoms with E-state index < -0.39 is 0 Å². The Bertz CT molecular complexity index is 332. The van der Waals surface area contributed by atoms with Crippen LogP contribution < -0.4 is 0 Å². The van der Waals surface area contributed by atoms with Gasteiger partial charge in [0.05, 0.1) is 5.41 Å². The lowest BCUT2D eigenvalue weighted by Crippen LogP contribution is -2.11. The maximum absolute atomic E-state index is 11.5. The van der Waals surface area contributed by atoms with E-state index in [0.29, 0.717) is 18.6 Å². The van der Waals surface area contributed by atoms with E-state index in [-0.39, 0.29) is 11.2 Å². The van der Waals surface area contributed by atoms with Crippen molar-refractivity contribution in [3.8, 4) is 0 Å². The van der Waals surface area contributed by atoms with Gasteiger partial charge in [-0.2, -0.15) is 0 Å². The van der Waals surface area contributed by atoms with Crippen LogP contribution in [-0.4, -0.2) is 11.6 Å². The molecule has 0 radical (unpaired) electrons. The van der Waals surface area contributed by atoms with Gasteiger partial charge in [-0.3, -0.25) is 9.59 Å². The van der Waals surface area contributed by atoms with Gasteiger partial charge in [-0.05, 0) is 24.8 Å². The van der Waals surface area contributed by atoms with E-state index in [1.54, 1.807) is 0 Å². The molecule has 0 aromatic carbocycles. The number of allylic oxidation sites excluding steroid dienone is 2. The molecule has 1 fully saturated rings. The van der Waals surface area contributed by atoms with Crippen LogP contribution in [0.3, 0.4) is 0 Å². The fraction of sp³-hybridized carbons (Fsp3) is 0.600. The van der Waals surface area contributed by atoms with Crippen LogP contribution in [0.25, 0.3) is 0 Å². The van der Waals surface area contributed by atoms with Gasteiger partial charge in [-0.15, -0.1) is 0 Å². The zero-order valence-corrected chi connectivity index (χ0v) is 6.85. The van der Waals surface area contributed by atoms with Crippen molar-refractivity contribution < 1.29 is 9.59 Å². The van der Waals surface area contributed by atoms with Gasteiger partial charge in [0.15, 0.2) is 5.78 Å². The molecule has 0 heterocycles. The molecule has 62 valence electrons. The van der Waals surface area contributed by atoms with Gasteiger partial charge in [-0.25, -0.2) is 0 Å². The Morgan fingerprint density at radius 1 is 1.08 bits per heavy atom. The number of hydrogen-bond donors (Lipinski definition) is 0. The molecule has 0 aromatic rings. The van der Waals surface area contributed by atoms with Crippen LogP contribution in [0.5, 0.6) is 0 Å². The molecule has 1 spiro atoms. The summed E-state index contributed by atoms with van der Waals surface area (Å²) in [5.74, 6) is 0.558. The molecule has 0 saturated heterocycles. The van der Waals surface area contributed by atoms with Gasteiger partial charge >= 0.3 is 0 Å². The van der Waals surface area contributed by atoms with Gasteiger partial charge in [0.1, 0.15) is 5.78 Å². The molecule has 0 N–H and O–H groups in total. The molecule has 3 aliphatic rings. The second-order valence-electron chi connectivity index (χ2n) is 4.06. The van der Waals surface area contributed by atoms with Gasteiger partial charge < -0.3 is 0 Å². The second-order valence-corrected chi connectivity index (χ2v) is 4.06. The summed E-state index contributed by atoms with van der Waals surface area (Å²) in [6.45, 7) is 0. The summed E-state index contributed by atoms with van der Waals surface area (Å²) in [6.07, 6.45) is 4.02. The lowest BCUT2D eigenvalue weighted by molar-refractivity contribution is -0.123. The lowest BCUT2D eigenvalue weighted by atomic mass is 9.95. The monoisotopic (exact) mass is 162 g/mol. The summed E-state index contributed by atoms with van der Waals surface area (Å²) in [5.41, 5.74) is 2.01. The number of rotatable bonds is 0. The first-order chi connectivity index (χ1) is 5.74. The average Bonchev–Trinajstić information content (AvgIpc) is 2.70. The predicted octanol–water partition coefficient (Wildman–Crippen LogP) is 1.40. The number of carbonyl (C=O) groups is 2. The number of carbonyl (C=O) groups excluding carboxylic acids is 2. The first-order valence-electron chi connectivity index (χ1n) is 4.53. The van der Waals surface area contributed by atoms with Gasteiger partial charge in [-0.1, -0.05) is 0 Å². The smallest absolute Gasteiger partial charge is 0.159 e. The van der Waals surface area contributed by atoms with Crippen LogP contribution >= 0.6 is 0 Å². The maximum atomic E-state index is 11.5. The third-order valence-corrected chi connectivity index (χ3v) is 3.50. The van der Waals surface area contributed by atoms with E-state index in [1.165, 1.54) is 5.57 Å². The summed E-state index contributed by atoms with van der Waals surface area (Å²) in [5, 5.41) is 0. The van der Waals surface area contributed by atoms with Crippen molar-refractivity contribution in [2.45, 2.75) is 32.1 Å². The molecular weight excluding hydrogens is 152 g/mol. The Morgan fingerprint density at radius 2 is 1.83 bits per heavy atom. The van der Waals surface area contributed by atoms with E-state index in [1.807, 2.05) is 0 Å². The van der Waals surface area contributed by atoms with E-state index in [0.717, 1.165) is 24.8 Å². The highest BCUT2D eigenvalue weighted by Crippen LogP contribution is 2.61. The standard InChI is InChI=1S/C10H10O2/c11-8-2-1-7-6(8)5-9(12)10(7)3-4-10/h1-5H2. The normalized spacial score (nSPS) is 30.3. The molecule has 1 saturated carbocycles. The minimum atomic E-state index is -0.0957. The molecule has 12 heavy (non-hydrogen) atoms. The average molecular weight is 162 g/mol. The molecular formula is C10H10O2. The van der Waals surface area contributed by atoms with E-state index in [4.69, 9.17) is 0 Å². The Morgan fingerprint density at radius 3 is 2.50 bits per heavy atom. The highest BCUT2D eigenvalue weighted by molar-refractivity contribution is 6.11. The summed E-state index contributed by atoms with van der Waals surface area (Å²) in [4.78, 5) is 22.8. The summed E-state index contributed by atoms with van der Waals surface area (Å²) >= 11 is 0. The fourth-order valence-corrected chi connectivity index (χ4v) is 2.65. The van der Waals surface area contributed by atoms with E-state index in [9.17, 15) is 9.59 Å². The third-order valence-electron chi connectivity index (χ3n) is 3.50. The topological polar surface area (TPSA) is 34.1 Å². The Balaban J connectivity index is 2.13. The summed E-state index contributed by atoms with van der Waals surface area (Å²) in [7, 11) is 0. The Kier molecular flexibility index (Phi) is 0.935. The van der Waals surface area contributed by atoms with E-state index in [2.05, 4.69) is 0 Å². The molecule has 0 amide bonds. The molecule has 2 nitrogen and oxygen atoms in total. The Hall–Kier alpha value is -0.920. The third kappa shape index (κ3) is 0.542. The maximum Gasteiger partial charge on any atom is 0.159 e. The van der Waals surface area contributed by atoms with Crippen molar-refractivity contribution in [2.24, 2.45) is 5.41 Å². The molecule has 3 aliphatic carbocycles. The SMILES string of the molecule is O=C1CCC2=C1CC(=O)C21CC1. The second kappa shape index (κ2) is 1.70. The zero-order valence-electron chi connectivity index (χ0n) is 6.85. The first-order valence-corrected chi connectivity index (χ1v) is 4.53. The molecule has 0 bridgehead atoms. The highest BCUT2D eigenvalue weighted by Gasteiger charge is 2.58. The van der Waals surface area contributed by atoms with Crippen LogP contribution in [0.2, 0.25) is 0 Å². The Labute approximate surface area is 70.6 Å². The summed E-state index contributed by atoms with van der Waals surface area (Å²) < 4.78 is 0. The van der Waals surface area contributed by atoms with Crippen LogP contribution in [-0.2, 0) is 9.59 Å². The van der Waals surface area contributed by atoms with Gasteiger partial charge in [0, 0.05) is 18.4 Å². The molecule has 0 unspecified atom stereocenters. The number of hydrogen-bond acceptors (Lipinski definition) is 2. The summed E-state index contributed by atoms with van der Waals surface area (Å²) in [6, 6.07) is 0. The predicted molar refractivity (Wildman–Crippen MR) is 42.6 cm³/mol. The fourth-order valence-electron chi connectivity index (χ4n) is 2.65. The van der Waals surface area contributed by atoms with Crippen LogP contribution in [0.4, 0.5) is 0 Å². The number of Topliss-reactive ketones (excluding diaryl/α,β-unsaturated/α-hetero) is 2. The quantitative estimate of drug-likeness (QED) is 0.539. The van der Waals surface area contributed by atoms with Crippen molar-refractivity contribution in [1.82, 2.24) is 0 Å². The van der Waals surface area contributed by atoms with Gasteiger partial charge in [0.2, 0.25) is 0 Å². The van der Waals surface area contributed by atoms with Crippen molar-refractivity contribution in [3.63, 3.8) is 0 Å². The van der Waals surface area contributed by atoms with Crippen molar-refractivity contribution in [1.29, 1.82) is 0 Å². The number of fused-ring (bicyclic) bond motifs is 1. The largest absolute Gasteiger partial charge is 0.298 e. The molecule has 0 atom stereocenters. The van der Waals surface area contributed by atoms with Gasteiger partial charge in [0.25, 0.3) is 0 Å². The van der Waals surface area contributed by atoms with Crippen LogP contribution in [0, 0.1) is 5.41 Å². The molecule has 3 rings (SSSR count). The van der Waals surface area contributed by atoms with Crippen molar-refractivity contribution in [2.75, 3.05) is 0 Å². The minimum Gasteiger partial charge on any atom is -0.298 e. The number of ketones is 2. The minimum absolute atomic E-state index is 0.0957. The lowest BCUT2D eigenvalue weighted by Gasteiger charge is -2.06. The zero-order chi connectivity index (χ0) is 8.34. The van der Waals surface area contributed by atoms with Crippen LogP contribution in [0.15, 0.2) is 11.1 Å². The molecule has 0 aliphatic heterocycles. The van der Waals surface area contributed by atoms with Crippen molar-refractivity contribution >= 4 is 11.6 Å². The highest BCUT2D eigenvalue weighted by atomic mass is 16.1. The first kappa shape index (κ1) is 6.58. The van der Waals surface area contributed by atoms with E-state index >= 15 is 0 Å².